The number of benzene rings is 2. The lowest BCUT2D eigenvalue weighted by molar-refractivity contribution is 0.198. The second kappa shape index (κ2) is 7.33. The van der Waals surface area contributed by atoms with Gasteiger partial charge in [0.15, 0.2) is 0 Å². The van der Waals surface area contributed by atoms with Crippen molar-refractivity contribution < 1.29 is 19.0 Å². The molecular formula is C16H17FO3S. The van der Waals surface area contributed by atoms with Crippen LogP contribution < -0.4 is 9.47 Å². The van der Waals surface area contributed by atoms with Gasteiger partial charge in [-0.1, -0.05) is 12.1 Å². The Balaban J connectivity index is 2.13. The lowest BCUT2D eigenvalue weighted by Gasteiger charge is -2.16. The molecule has 21 heavy (non-hydrogen) atoms. The van der Waals surface area contributed by atoms with Gasteiger partial charge in [0.2, 0.25) is 0 Å². The van der Waals surface area contributed by atoms with Crippen LogP contribution in [-0.2, 0) is 0 Å². The van der Waals surface area contributed by atoms with Crippen molar-refractivity contribution in [2.45, 2.75) is 11.0 Å². The molecule has 2 aromatic rings. The fourth-order valence-corrected chi connectivity index (χ4v) is 2.82. The van der Waals surface area contributed by atoms with Crippen molar-refractivity contribution in [3.63, 3.8) is 0 Å². The third kappa shape index (κ3) is 3.89. The molecule has 0 amide bonds. The monoisotopic (exact) mass is 308 g/mol. The maximum Gasteiger partial charge on any atom is 0.136 e. The number of rotatable bonds is 6. The van der Waals surface area contributed by atoms with Crippen molar-refractivity contribution >= 4 is 11.8 Å². The van der Waals surface area contributed by atoms with Gasteiger partial charge in [0.25, 0.3) is 0 Å². The minimum atomic E-state index is -0.778. The molecule has 3 nitrogen and oxygen atoms in total. The Bertz CT molecular complexity index is 604. The predicted octanol–water partition coefficient (Wildman–Crippen LogP) is 3.67. The molecule has 0 spiro atoms. The maximum atomic E-state index is 13.6. The first-order valence-electron chi connectivity index (χ1n) is 6.43. The first-order valence-corrected chi connectivity index (χ1v) is 7.41. The van der Waals surface area contributed by atoms with Crippen LogP contribution in [0.2, 0.25) is 0 Å². The highest BCUT2D eigenvalue weighted by Gasteiger charge is 2.15. The summed E-state index contributed by atoms with van der Waals surface area (Å²) in [5, 5.41) is 10.3. The number of aliphatic hydroxyl groups excluding tert-OH is 1. The number of hydrogen-bond donors (Lipinski definition) is 1. The molecule has 0 radical (unpaired) electrons. The van der Waals surface area contributed by atoms with Crippen LogP contribution in [0.25, 0.3) is 0 Å². The molecule has 1 N–H and O–H groups in total. The largest absolute Gasteiger partial charge is 0.497 e. The molecule has 2 aromatic carbocycles. The molecule has 2 rings (SSSR count). The summed E-state index contributed by atoms with van der Waals surface area (Å²) in [5.74, 6) is 1.26. The highest BCUT2D eigenvalue weighted by atomic mass is 32.2. The van der Waals surface area contributed by atoms with Crippen LogP contribution in [0.4, 0.5) is 4.39 Å². The smallest absolute Gasteiger partial charge is 0.136 e. The van der Waals surface area contributed by atoms with Gasteiger partial charge in [0.05, 0.1) is 20.3 Å². The SMILES string of the molecule is COc1ccc(OC)c(C(O)CSc2ccccc2F)c1. The van der Waals surface area contributed by atoms with Crippen LogP contribution in [0.15, 0.2) is 47.4 Å². The zero-order valence-electron chi connectivity index (χ0n) is 11.9. The molecule has 0 bridgehead atoms. The van der Waals surface area contributed by atoms with Gasteiger partial charge >= 0.3 is 0 Å². The van der Waals surface area contributed by atoms with E-state index in [1.807, 2.05) is 0 Å². The molecule has 0 aliphatic carbocycles. The molecule has 0 heterocycles. The number of halogens is 1. The first kappa shape index (κ1) is 15.7. The van der Waals surface area contributed by atoms with Crippen LogP contribution >= 0.6 is 11.8 Å². The molecule has 0 saturated heterocycles. The van der Waals surface area contributed by atoms with Gasteiger partial charge in [-0.05, 0) is 30.3 Å². The number of hydrogen-bond acceptors (Lipinski definition) is 4. The van der Waals surface area contributed by atoms with E-state index in [-0.39, 0.29) is 5.82 Å². The zero-order chi connectivity index (χ0) is 15.2. The Morgan fingerprint density at radius 2 is 1.90 bits per heavy atom. The van der Waals surface area contributed by atoms with Crippen LogP contribution in [0.3, 0.4) is 0 Å². The molecule has 0 aromatic heterocycles. The van der Waals surface area contributed by atoms with E-state index >= 15 is 0 Å². The summed E-state index contributed by atoms with van der Waals surface area (Å²) in [7, 11) is 3.11. The minimum Gasteiger partial charge on any atom is -0.497 e. The predicted molar refractivity (Wildman–Crippen MR) is 81.6 cm³/mol. The standard InChI is InChI=1S/C16H17FO3S/c1-19-11-7-8-15(20-2)12(9-11)14(18)10-21-16-6-4-3-5-13(16)17/h3-9,14,18H,10H2,1-2H3. The van der Waals surface area contributed by atoms with E-state index in [1.165, 1.54) is 17.8 Å². The maximum absolute atomic E-state index is 13.6. The normalized spacial score (nSPS) is 12.0. The summed E-state index contributed by atoms with van der Waals surface area (Å²) < 4.78 is 24.0. The molecular weight excluding hydrogens is 291 g/mol. The fraction of sp³-hybridized carbons (Fsp3) is 0.250. The Hall–Kier alpha value is -1.72. The minimum absolute atomic E-state index is 0.285. The third-order valence-corrected chi connectivity index (χ3v) is 4.15. The molecule has 1 atom stereocenters. The Labute approximate surface area is 127 Å². The van der Waals surface area contributed by atoms with Gasteiger partial charge in [-0.2, -0.15) is 0 Å². The average Bonchev–Trinajstić information content (AvgIpc) is 2.53. The van der Waals surface area contributed by atoms with Gasteiger partial charge in [-0.3, -0.25) is 0 Å². The van der Waals surface area contributed by atoms with Gasteiger partial charge in [-0.15, -0.1) is 11.8 Å². The van der Waals surface area contributed by atoms with E-state index in [4.69, 9.17) is 9.47 Å². The molecule has 0 fully saturated rings. The summed E-state index contributed by atoms with van der Waals surface area (Å²) >= 11 is 1.26. The van der Waals surface area contributed by atoms with E-state index in [9.17, 15) is 9.50 Å². The fourth-order valence-electron chi connectivity index (χ4n) is 1.92. The number of aliphatic hydroxyl groups is 1. The van der Waals surface area contributed by atoms with Crippen molar-refractivity contribution in [3.05, 3.63) is 53.8 Å². The van der Waals surface area contributed by atoms with Crippen LogP contribution in [0, 0.1) is 5.82 Å². The third-order valence-electron chi connectivity index (χ3n) is 3.03. The van der Waals surface area contributed by atoms with Crippen molar-refractivity contribution in [1.82, 2.24) is 0 Å². The van der Waals surface area contributed by atoms with Gasteiger partial charge in [-0.25, -0.2) is 4.39 Å². The number of ether oxygens (including phenoxy) is 2. The average molecular weight is 308 g/mol. The molecule has 5 heteroatoms. The number of thioether (sulfide) groups is 1. The summed E-state index contributed by atoms with van der Waals surface area (Å²) in [6, 6.07) is 11.7. The summed E-state index contributed by atoms with van der Waals surface area (Å²) in [4.78, 5) is 0.512. The highest BCUT2D eigenvalue weighted by Crippen LogP contribution is 2.33. The molecule has 0 aliphatic rings. The molecule has 1 unspecified atom stereocenters. The highest BCUT2D eigenvalue weighted by molar-refractivity contribution is 7.99. The summed E-state index contributed by atoms with van der Waals surface area (Å²) in [6.45, 7) is 0. The lowest BCUT2D eigenvalue weighted by Crippen LogP contribution is -2.04. The van der Waals surface area contributed by atoms with E-state index in [0.717, 1.165) is 0 Å². The van der Waals surface area contributed by atoms with Crippen LogP contribution in [0.1, 0.15) is 11.7 Å². The molecule has 0 saturated carbocycles. The second-order valence-corrected chi connectivity index (χ2v) is 5.43. The van der Waals surface area contributed by atoms with Crippen LogP contribution in [0.5, 0.6) is 11.5 Å². The molecule has 112 valence electrons. The molecule has 0 aliphatic heterocycles. The van der Waals surface area contributed by atoms with Crippen molar-refractivity contribution in [1.29, 1.82) is 0 Å². The number of methoxy groups -OCH3 is 2. The lowest BCUT2D eigenvalue weighted by atomic mass is 10.1. The van der Waals surface area contributed by atoms with E-state index in [2.05, 4.69) is 0 Å². The Morgan fingerprint density at radius 3 is 2.57 bits per heavy atom. The van der Waals surface area contributed by atoms with Gasteiger partial charge < -0.3 is 14.6 Å². The second-order valence-electron chi connectivity index (χ2n) is 4.37. The quantitative estimate of drug-likeness (QED) is 0.827. The first-order chi connectivity index (χ1) is 10.2. The van der Waals surface area contributed by atoms with Crippen molar-refractivity contribution in [2.75, 3.05) is 20.0 Å². The topological polar surface area (TPSA) is 38.7 Å². The van der Waals surface area contributed by atoms with E-state index in [1.54, 1.807) is 50.6 Å². The van der Waals surface area contributed by atoms with E-state index in [0.29, 0.717) is 27.7 Å². The summed E-state index contributed by atoms with van der Waals surface area (Å²) in [6.07, 6.45) is -0.778. The van der Waals surface area contributed by atoms with Crippen molar-refractivity contribution in [3.8, 4) is 11.5 Å². The Morgan fingerprint density at radius 1 is 1.14 bits per heavy atom. The van der Waals surface area contributed by atoms with Gasteiger partial charge in [0.1, 0.15) is 17.3 Å². The van der Waals surface area contributed by atoms with Gasteiger partial charge in [0, 0.05) is 16.2 Å². The van der Waals surface area contributed by atoms with E-state index < -0.39 is 6.10 Å². The van der Waals surface area contributed by atoms with Crippen LogP contribution in [-0.4, -0.2) is 25.1 Å². The summed E-state index contributed by atoms with van der Waals surface area (Å²) in [5.41, 5.74) is 0.626. The Kier molecular flexibility index (Phi) is 5.47. The zero-order valence-corrected chi connectivity index (χ0v) is 12.7. The van der Waals surface area contributed by atoms with Crippen molar-refractivity contribution in [2.24, 2.45) is 0 Å².